The van der Waals surface area contributed by atoms with Crippen LogP contribution in [0.3, 0.4) is 0 Å². The first-order valence-corrected chi connectivity index (χ1v) is 9.40. The minimum Gasteiger partial charge on any atom is -0.317 e. The van der Waals surface area contributed by atoms with Crippen LogP contribution in [0.5, 0.6) is 0 Å². The second-order valence-corrected chi connectivity index (χ2v) is 8.25. The molecule has 1 N–H and O–H groups in total. The van der Waals surface area contributed by atoms with Gasteiger partial charge in [-0.05, 0) is 38.1 Å². The first-order valence-electron chi connectivity index (χ1n) is 6.58. The summed E-state index contributed by atoms with van der Waals surface area (Å²) in [6, 6.07) is 2.30. The molecule has 1 saturated heterocycles. The highest BCUT2D eigenvalue weighted by Gasteiger charge is 2.30. The molecule has 1 aliphatic rings. The predicted molar refractivity (Wildman–Crippen MR) is 75.5 cm³/mol. The summed E-state index contributed by atoms with van der Waals surface area (Å²) in [4.78, 5) is -1.70. The summed E-state index contributed by atoms with van der Waals surface area (Å²) < 4.78 is 74.2. The number of rotatable bonds is 4. The van der Waals surface area contributed by atoms with Crippen molar-refractivity contribution in [2.45, 2.75) is 28.7 Å². The van der Waals surface area contributed by atoms with Crippen molar-refractivity contribution in [1.82, 2.24) is 9.62 Å². The second kappa shape index (κ2) is 6.19. The largest absolute Gasteiger partial charge is 0.335 e. The van der Waals surface area contributed by atoms with Gasteiger partial charge < -0.3 is 5.32 Å². The van der Waals surface area contributed by atoms with E-state index in [1.165, 1.54) is 4.31 Å². The van der Waals surface area contributed by atoms with E-state index in [1.54, 1.807) is 7.05 Å². The molecule has 0 aromatic heterocycles. The molecule has 1 aliphatic heterocycles. The molecule has 0 spiro atoms. The summed E-state index contributed by atoms with van der Waals surface area (Å²) >= 11 is 0. The van der Waals surface area contributed by atoms with Gasteiger partial charge in [0.1, 0.15) is 10.7 Å². The topological polar surface area (TPSA) is 83.6 Å². The second-order valence-electron chi connectivity index (χ2n) is 5.00. The zero-order chi connectivity index (χ0) is 16.5. The Labute approximate surface area is 128 Å². The third-order valence-corrected chi connectivity index (χ3v) is 6.40. The van der Waals surface area contributed by atoms with Crippen LogP contribution in [0.4, 0.5) is 8.28 Å². The molecule has 0 bridgehead atoms. The van der Waals surface area contributed by atoms with Crippen LogP contribution in [0.2, 0.25) is 0 Å². The van der Waals surface area contributed by atoms with Crippen molar-refractivity contribution in [2.75, 3.05) is 20.1 Å². The van der Waals surface area contributed by atoms with Crippen LogP contribution in [0.15, 0.2) is 28.0 Å². The molecule has 6 nitrogen and oxygen atoms in total. The van der Waals surface area contributed by atoms with Crippen molar-refractivity contribution in [1.29, 1.82) is 0 Å². The minimum atomic E-state index is -5.33. The quantitative estimate of drug-likeness (QED) is 0.811. The minimum absolute atomic E-state index is 0.210. The third-order valence-electron chi connectivity index (χ3n) is 3.67. The Balaban J connectivity index is 2.35. The molecule has 1 aromatic rings. The van der Waals surface area contributed by atoms with Crippen molar-refractivity contribution in [2.24, 2.45) is 0 Å². The van der Waals surface area contributed by atoms with E-state index in [2.05, 4.69) is 5.32 Å². The highest BCUT2D eigenvalue weighted by atomic mass is 32.3. The standard InChI is InChI=1S/C12H16F2N2O4S2/c1-15-9-4-6-16(7-5-9)22(19,20)10-2-3-11(13)12(8-10)21(14,17)18/h2-3,8-9,15H,4-7H2,1H3. The van der Waals surface area contributed by atoms with Gasteiger partial charge >= 0.3 is 10.2 Å². The maximum absolute atomic E-state index is 13.4. The number of piperidine rings is 1. The molecule has 0 unspecified atom stereocenters. The van der Waals surface area contributed by atoms with Gasteiger partial charge in [-0.2, -0.15) is 12.7 Å². The fourth-order valence-electron chi connectivity index (χ4n) is 2.36. The molecule has 0 saturated carbocycles. The highest BCUT2D eigenvalue weighted by molar-refractivity contribution is 7.89. The molecule has 0 amide bonds. The molecule has 0 atom stereocenters. The fourth-order valence-corrected chi connectivity index (χ4v) is 4.50. The summed E-state index contributed by atoms with van der Waals surface area (Å²) in [5.41, 5.74) is 0. The van der Waals surface area contributed by atoms with Crippen LogP contribution in [-0.4, -0.2) is 47.3 Å². The Bertz CT molecular complexity index is 757. The SMILES string of the molecule is CNC1CCN(S(=O)(=O)c2ccc(F)c(S(=O)(=O)F)c2)CC1. The molecule has 0 radical (unpaired) electrons. The number of benzene rings is 1. The van der Waals surface area contributed by atoms with E-state index in [0.29, 0.717) is 25.0 Å². The van der Waals surface area contributed by atoms with Gasteiger partial charge in [-0.3, -0.25) is 0 Å². The summed E-state index contributed by atoms with van der Waals surface area (Å²) in [5, 5.41) is 3.05. The van der Waals surface area contributed by atoms with Gasteiger partial charge in [-0.15, -0.1) is 3.89 Å². The van der Waals surface area contributed by atoms with Crippen molar-refractivity contribution < 1.29 is 25.1 Å². The molecule has 1 fully saturated rings. The molecule has 1 heterocycles. The third kappa shape index (κ3) is 3.45. The van der Waals surface area contributed by atoms with Gasteiger partial charge in [-0.1, -0.05) is 0 Å². The van der Waals surface area contributed by atoms with Gasteiger partial charge in [0.2, 0.25) is 10.0 Å². The highest BCUT2D eigenvalue weighted by Crippen LogP contribution is 2.25. The van der Waals surface area contributed by atoms with E-state index >= 15 is 0 Å². The van der Waals surface area contributed by atoms with Crippen LogP contribution in [-0.2, 0) is 20.2 Å². The average Bonchev–Trinajstić information content (AvgIpc) is 2.46. The predicted octanol–water partition coefficient (Wildman–Crippen LogP) is 0.856. The molecule has 22 heavy (non-hydrogen) atoms. The van der Waals surface area contributed by atoms with E-state index in [9.17, 15) is 25.1 Å². The lowest BCUT2D eigenvalue weighted by Gasteiger charge is -2.31. The summed E-state index contributed by atoms with van der Waals surface area (Å²) in [5.74, 6) is -1.32. The van der Waals surface area contributed by atoms with E-state index in [4.69, 9.17) is 0 Å². The number of nitrogens with one attached hydrogen (secondary N) is 1. The summed E-state index contributed by atoms with van der Waals surface area (Å²) in [6.07, 6.45) is 1.20. The average molecular weight is 354 g/mol. The Morgan fingerprint density at radius 1 is 1.18 bits per heavy atom. The van der Waals surface area contributed by atoms with Crippen molar-refractivity contribution >= 4 is 20.2 Å². The molecule has 0 aliphatic carbocycles. The normalized spacial score (nSPS) is 18.5. The molecule has 124 valence electrons. The maximum atomic E-state index is 13.4. The van der Waals surface area contributed by atoms with Crippen molar-refractivity contribution in [3.8, 4) is 0 Å². The van der Waals surface area contributed by atoms with Crippen molar-refractivity contribution in [3.63, 3.8) is 0 Å². The molecular weight excluding hydrogens is 338 g/mol. The Hall–Kier alpha value is -1.10. The summed E-state index contributed by atoms with van der Waals surface area (Å²) in [7, 11) is -7.53. The van der Waals surface area contributed by atoms with Crippen LogP contribution in [0.25, 0.3) is 0 Å². The van der Waals surface area contributed by atoms with Crippen LogP contribution < -0.4 is 5.32 Å². The summed E-state index contributed by atoms with van der Waals surface area (Å²) in [6.45, 7) is 0.506. The van der Waals surface area contributed by atoms with E-state index < -0.39 is 35.9 Å². The van der Waals surface area contributed by atoms with Crippen LogP contribution >= 0.6 is 0 Å². The monoisotopic (exact) mass is 354 g/mol. The van der Waals surface area contributed by atoms with Gasteiger partial charge in [0, 0.05) is 19.1 Å². The number of hydrogen-bond acceptors (Lipinski definition) is 5. The molecule has 2 rings (SSSR count). The Morgan fingerprint density at radius 2 is 1.77 bits per heavy atom. The van der Waals surface area contributed by atoms with Crippen LogP contribution in [0.1, 0.15) is 12.8 Å². The fraction of sp³-hybridized carbons (Fsp3) is 0.500. The molecule has 1 aromatic carbocycles. The number of sulfonamides is 1. The lowest BCUT2D eigenvalue weighted by molar-refractivity contribution is 0.298. The van der Waals surface area contributed by atoms with Gasteiger partial charge in [0.15, 0.2) is 0 Å². The van der Waals surface area contributed by atoms with Gasteiger partial charge in [-0.25, -0.2) is 12.8 Å². The lowest BCUT2D eigenvalue weighted by atomic mass is 10.1. The van der Waals surface area contributed by atoms with E-state index in [0.717, 1.165) is 6.07 Å². The Kier molecular flexibility index (Phi) is 4.85. The van der Waals surface area contributed by atoms with Gasteiger partial charge in [0.25, 0.3) is 0 Å². The number of halogens is 2. The van der Waals surface area contributed by atoms with Crippen molar-refractivity contribution in [3.05, 3.63) is 24.0 Å². The van der Waals surface area contributed by atoms with Crippen LogP contribution in [0, 0.1) is 5.82 Å². The maximum Gasteiger partial charge on any atom is 0.335 e. The Morgan fingerprint density at radius 3 is 2.27 bits per heavy atom. The van der Waals surface area contributed by atoms with Gasteiger partial charge in [0.05, 0.1) is 4.90 Å². The zero-order valence-corrected chi connectivity index (χ0v) is 13.4. The smallest absolute Gasteiger partial charge is 0.317 e. The number of nitrogens with zero attached hydrogens (tertiary/aromatic N) is 1. The van der Waals surface area contributed by atoms with E-state index in [-0.39, 0.29) is 19.1 Å². The first-order chi connectivity index (χ1) is 10.2. The first kappa shape index (κ1) is 17.3. The molecular formula is C12H16F2N2O4S2. The number of hydrogen-bond donors (Lipinski definition) is 1. The van der Waals surface area contributed by atoms with E-state index in [1.807, 2.05) is 0 Å². The zero-order valence-electron chi connectivity index (χ0n) is 11.8. The molecule has 10 heteroatoms. The lowest BCUT2D eigenvalue weighted by Crippen LogP contribution is -2.43.